The Hall–Kier alpha value is -1.60. The predicted octanol–water partition coefficient (Wildman–Crippen LogP) is 4.18. The van der Waals surface area contributed by atoms with Crippen LogP contribution in [-0.2, 0) is 12.8 Å². The number of rotatable bonds is 3. The van der Waals surface area contributed by atoms with Gasteiger partial charge in [0.1, 0.15) is 0 Å². The van der Waals surface area contributed by atoms with Crippen LogP contribution in [0.3, 0.4) is 0 Å². The fourth-order valence-corrected chi connectivity index (χ4v) is 3.22. The van der Waals surface area contributed by atoms with Gasteiger partial charge in [0.2, 0.25) is 0 Å². The highest BCUT2D eigenvalue weighted by molar-refractivity contribution is 5.39. The van der Waals surface area contributed by atoms with Gasteiger partial charge in [0, 0.05) is 0 Å². The van der Waals surface area contributed by atoms with Crippen LogP contribution in [0, 0.1) is 6.92 Å². The van der Waals surface area contributed by atoms with E-state index < -0.39 is 0 Å². The molecule has 0 amide bonds. The number of hydrogen-bond donors (Lipinski definition) is 1. The first kappa shape index (κ1) is 13.4. The van der Waals surface area contributed by atoms with Gasteiger partial charge in [-0.25, -0.2) is 0 Å². The molecular formula is C19H23N. The van der Waals surface area contributed by atoms with Gasteiger partial charge in [-0.1, -0.05) is 48.0 Å². The molecule has 1 aliphatic rings. The van der Waals surface area contributed by atoms with Crippen LogP contribution in [0.25, 0.3) is 0 Å². The van der Waals surface area contributed by atoms with Gasteiger partial charge in [0.25, 0.3) is 0 Å². The lowest BCUT2D eigenvalue weighted by Gasteiger charge is -2.22. The summed E-state index contributed by atoms with van der Waals surface area (Å²) < 4.78 is 0. The summed E-state index contributed by atoms with van der Waals surface area (Å²) in [5.74, 6) is 0. The molecule has 0 aromatic heterocycles. The largest absolute Gasteiger partial charge is 0.309 e. The molecule has 0 aliphatic heterocycles. The molecule has 0 heterocycles. The minimum atomic E-state index is 0.294. The smallest absolute Gasteiger partial charge is 0.0574 e. The van der Waals surface area contributed by atoms with E-state index >= 15 is 0 Å². The summed E-state index contributed by atoms with van der Waals surface area (Å²) in [5.41, 5.74) is 7.15. The third kappa shape index (κ3) is 2.64. The predicted molar refractivity (Wildman–Crippen MR) is 85.2 cm³/mol. The van der Waals surface area contributed by atoms with Crippen molar-refractivity contribution >= 4 is 0 Å². The average Bonchev–Trinajstić information content (AvgIpc) is 2.50. The molecule has 0 radical (unpaired) electrons. The van der Waals surface area contributed by atoms with Crippen molar-refractivity contribution in [3.8, 4) is 0 Å². The van der Waals surface area contributed by atoms with E-state index in [1.54, 1.807) is 11.1 Å². The van der Waals surface area contributed by atoms with Crippen LogP contribution >= 0.6 is 0 Å². The zero-order valence-electron chi connectivity index (χ0n) is 12.4. The highest BCUT2D eigenvalue weighted by atomic mass is 14.9. The van der Waals surface area contributed by atoms with Crippen LogP contribution in [0.5, 0.6) is 0 Å². The quantitative estimate of drug-likeness (QED) is 0.877. The van der Waals surface area contributed by atoms with Crippen LogP contribution in [0.2, 0.25) is 0 Å². The Morgan fingerprint density at radius 1 is 0.850 bits per heavy atom. The van der Waals surface area contributed by atoms with E-state index in [0.717, 1.165) is 0 Å². The van der Waals surface area contributed by atoms with E-state index in [-0.39, 0.29) is 0 Å². The number of hydrogen-bond acceptors (Lipinski definition) is 1. The van der Waals surface area contributed by atoms with E-state index in [9.17, 15) is 0 Å². The fraction of sp³-hybridized carbons (Fsp3) is 0.368. The second-order valence-corrected chi connectivity index (χ2v) is 5.87. The molecule has 0 bridgehead atoms. The maximum Gasteiger partial charge on any atom is 0.0574 e. The van der Waals surface area contributed by atoms with Crippen LogP contribution in [-0.4, -0.2) is 7.05 Å². The minimum absolute atomic E-state index is 0.294. The molecule has 1 nitrogen and oxygen atoms in total. The van der Waals surface area contributed by atoms with Crippen molar-refractivity contribution in [2.24, 2.45) is 0 Å². The van der Waals surface area contributed by atoms with Gasteiger partial charge in [-0.3, -0.25) is 0 Å². The summed E-state index contributed by atoms with van der Waals surface area (Å²) in [6.07, 6.45) is 5.18. The summed E-state index contributed by atoms with van der Waals surface area (Å²) >= 11 is 0. The van der Waals surface area contributed by atoms with E-state index in [4.69, 9.17) is 0 Å². The zero-order chi connectivity index (χ0) is 13.9. The van der Waals surface area contributed by atoms with Crippen molar-refractivity contribution in [3.05, 3.63) is 70.3 Å². The molecule has 1 atom stereocenters. The Kier molecular flexibility index (Phi) is 3.88. The highest BCUT2D eigenvalue weighted by Crippen LogP contribution is 2.28. The van der Waals surface area contributed by atoms with Gasteiger partial charge < -0.3 is 5.32 Å². The van der Waals surface area contributed by atoms with Crippen LogP contribution in [0.15, 0.2) is 42.5 Å². The average molecular weight is 265 g/mol. The summed E-state index contributed by atoms with van der Waals surface area (Å²) in [6, 6.07) is 16.2. The highest BCUT2D eigenvalue weighted by Gasteiger charge is 2.15. The lowest BCUT2D eigenvalue weighted by Crippen LogP contribution is -2.18. The van der Waals surface area contributed by atoms with Crippen molar-refractivity contribution < 1.29 is 0 Å². The second-order valence-electron chi connectivity index (χ2n) is 5.87. The van der Waals surface area contributed by atoms with E-state index in [0.29, 0.717) is 6.04 Å². The number of nitrogens with one attached hydrogen (secondary N) is 1. The van der Waals surface area contributed by atoms with Crippen LogP contribution in [0.4, 0.5) is 0 Å². The van der Waals surface area contributed by atoms with Gasteiger partial charge in [0.05, 0.1) is 6.04 Å². The Morgan fingerprint density at radius 3 is 2.20 bits per heavy atom. The summed E-state index contributed by atoms with van der Waals surface area (Å²) in [6.45, 7) is 2.14. The standard InChI is InChI=1S/C19H23N/c1-14-7-9-16(10-8-14)19(20-2)18-12-11-15-5-3-4-6-17(15)13-18/h7-13,19-20H,3-6H2,1-2H3. The van der Waals surface area contributed by atoms with Gasteiger partial charge >= 0.3 is 0 Å². The Labute approximate surface area is 122 Å². The Morgan fingerprint density at radius 2 is 1.50 bits per heavy atom. The molecule has 0 saturated carbocycles. The molecule has 104 valence electrons. The SMILES string of the molecule is CNC(c1ccc(C)cc1)c1ccc2c(c1)CCCC2. The lowest BCUT2D eigenvalue weighted by atomic mass is 9.88. The maximum absolute atomic E-state index is 3.46. The van der Waals surface area contributed by atoms with Crippen LogP contribution < -0.4 is 5.32 Å². The molecule has 2 aromatic rings. The Bertz CT molecular complexity index is 583. The normalized spacial score (nSPS) is 15.7. The molecule has 1 unspecified atom stereocenters. The molecule has 20 heavy (non-hydrogen) atoms. The maximum atomic E-state index is 3.46. The number of aryl methyl sites for hydroxylation is 3. The van der Waals surface area contributed by atoms with Gasteiger partial charge in [-0.15, -0.1) is 0 Å². The van der Waals surface area contributed by atoms with E-state index in [1.807, 2.05) is 7.05 Å². The summed E-state index contributed by atoms with van der Waals surface area (Å²) in [7, 11) is 2.05. The lowest BCUT2D eigenvalue weighted by molar-refractivity contribution is 0.668. The van der Waals surface area contributed by atoms with Gasteiger partial charge in [-0.05, 0) is 61.9 Å². The molecule has 3 rings (SSSR count). The van der Waals surface area contributed by atoms with Gasteiger partial charge in [-0.2, -0.15) is 0 Å². The topological polar surface area (TPSA) is 12.0 Å². The van der Waals surface area contributed by atoms with Crippen molar-refractivity contribution in [2.75, 3.05) is 7.05 Å². The number of benzene rings is 2. The fourth-order valence-electron chi connectivity index (χ4n) is 3.22. The molecule has 0 saturated heterocycles. The number of fused-ring (bicyclic) bond motifs is 1. The third-order valence-corrected chi connectivity index (χ3v) is 4.41. The minimum Gasteiger partial charge on any atom is -0.309 e. The Balaban J connectivity index is 1.94. The molecule has 1 aliphatic carbocycles. The van der Waals surface area contributed by atoms with E-state index in [2.05, 4.69) is 54.7 Å². The zero-order valence-corrected chi connectivity index (χ0v) is 12.4. The monoisotopic (exact) mass is 265 g/mol. The van der Waals surface area contributed by atoms with Crippen molar-refractivity contribution in [1.29, 1.82) is 0 Å². The first-order valence-corrected chi connectivity index (χ1v) is 7.63. The second kappa shape index (κ2) is 5.80. The summed E-state index contributed by atoms with van der Waals surface area (Å²) in [5, 5.41) is 3.46. The molecule has 0 fully saturated rings. The van der Waals surface area contributed by atoms with Crippen molar-refractivity contribution in [1.82, 2.24) is 5.32 Å². The molecule has 1 heteroatoms. The van der Waals surface area contributed by atoms with Gasteiger partial charge in [0.15, 0.2) is 0 Å². The molecule has 2 aromatic carbocycles. The summed E-state index contributed by atoms with van der Waals surface area (Å²) in [4.78, 5) is 0. The molecule has 0 spiro atoms. The van der Waals surface area contributed by atoms with Crippen molar-refractivity contribution in [3.63, 3.8) is 0 Å². The first-order chi connectivity index (χ1) is 9.78. The third-order valence-electron chi connectivity index (χ3n) is 4.41. The first-order valence-electron chi connectivity index (χ1n) is 7.63. The van der Waals surface area contributed by atoms with Crippen LogP contribution in [0.1, 0.15) is 46.7 Å². The molecular weight excluding hydrogens is 242 g/mol. The van der Waals surface area contributed by atoms with E-state index in [1.165, 1.54) is 42.4 Å². The molecule has 1 N–H and O–H groups in total. The van der Waals surface area contributed by atoms with Crippen molar-refractivity contribution in [2.45, 2.75) is 38.6 Å².